The van der Waals surface area contributed by atoms with Crippen molar-refractivity contribution < 1.29 is 4.39 Å². The van der Waals surface area contributed by atoms with Gasteiger partial charge in [-0.15, -0.1) is 11.8 Å². The zero-order valence-electron chi connectivity index (χ0n) is 6.53. The van der Waals surface area contributed by atoms with E-state index >= 15 is 0 Å². The van der Waals surface area contributed by atoms with E-state index in [0.29, 0.717) is 0 Å². The van der Waals surface area contributed by atoms with E-state index < -0.39 is 0 Å². The van der Waals surface area contributed by atoms with Crippen LogP contribution < -0.4 is 4.90 Å². The van der Waals surface area contributed by atoms with Crippen molar-refractivity contribution >= 4 is 17.6 Å². The largest absolute Gasteiger partial charge is 0.346 e. The van der Waals surface area contributed by atoms with Gasteiger partial charge in [-0.25, -0.2) is 9.37 Å². The van der Waals surface area contributed by atoms with Crippen LogP contribution >= 0.6 is 11.8 Å². The molecule has 0 saturated carbocycles. The lowest BCUT2D eigenvalue weighted by molar-refractivity contribution is 0.625. The smallest absolute Gasteiger partial charge is 0.132 e. The zero-order chi connectivity index (χ0) is 8.39. The molecule has 0 bridgehead atoms. The lowest BCUT2D eigenvalue weighted by Gasteiger charge is -2.14. The Hall–Kier alpha value is -0.770. The molecule has 4 heteroatoms. The molecular weight excluding hydrogens is 175 g/mol. The fraction of sp³-hybridized carbons (Fsp3) is 0.375. The van der Waals surface area contributed by atoms with E-state index in [-0.39, 0.29) is 5.82 Å². The topological polar surface area (TPSA) is 16.1 Å². The van der Waals surface area contributed by atoms with Crippen molar-refractivity contribution in [3.63, 3.8) is 0 Å². The number of aromatic nitrogens is 1. The summed E-state index contributed by atoms with van der Waals surface area (Å²) >= 11 is 1.85. The first-order valence-corrected chi connectivity index (χ1v) is 4.96. The lowest BCUT2D eigenvalue weighted by atomic mass is 10.4. The van der Waals surface area contributed by atoms with E-state index in [4.69, 9.17) is 0 Å². The number of nitrogens with zero attached hydrogens (tertiary/aromatic N) is 2. The summed E-state index contributed by atoms with van der Waals surface area (Å²) in [7, 11) is 0. The molecule has 0 aliphatic carbocycles. The van der Waals surface area contributed by atoms with Gasteiger partial charge in [-0.3, -0.25) is 0 Å². The molecule has 1 fully saturated rings. The number of pyridine rings is 1. The summed E-state index contributed by atoms with van der Waals surface area (Å²) in [6.45, 7) is 0.973. The van der Waals surface area contributed by atoms with Crippen LogP contribution in [0, 0.1) is 5.82 Å². The van der Waals surface area contributed by atoms with Gasteiger partial charge < -0.3 is 4.90 Å². The second-order valence-electron chi connectivity index (χ2n) is 2.63. The van der Waals surface area contributed by atoms with Crippen molar-refractivity contribution in [3.05, 3.63) is 24.1 Å². The summed E-state index contributed by atoms with van der Waals surface area (Å²) in [4.78, 5) is 6.17. The SMILES string of the molecule is Fc1ccnc(N2CCSC2)c1. The van der Waals surface area contributed by atoms with Gasteiger partial charge in [-0.1, -0.05) is 0 Å². The van der Waals surface area contributed by atoms with Crippen molar-refractivity contribution in [2.45, 2.75) is 0 Å². The van der Waals surface area contributed by atoms with E-state index in [1.54, 1.807) is 0 Å². The molecule has 1 aromatic rings. The van der Waals surface area contributed by atoms with E-state index in [1.807, 2.05) is 11.8 Å². The molecule has 2 rings (SSSR count). The third kappa shape index (κ3) is 1.53. The molecule has 64 valence electrons. The Morgan fingerprint density at radius 2 is 2.50 bits per heavy atom. The van der Waals surface area contributed by atoms with Crippen LogP contribution in [-0.2, 0) is 0 Å². The Labute approximate surface area is 74.8 Å². The van der Waals surface area contributed by atoms with Crippen LogP contribution in [0.25, 0.3) is 0 Å². The molecule has 1 aliphatic rings. The van der Waals surface area contributed by atoms with Crippen LogP contribution in [0.15, 0.2) is 18.3 Å². The average molecular weight is 184 g/mol. The van der Waals surface area contributed by atoms with Gasteiger partial charge in [-0.05, 0) is 6.07 Å². The summed E-state index contributed by atoms with van der Waals surface area (Å²) in [5, 5.41) is 0. The second-order valence-corrected chi connectivity index (χ2v) is 3.71. The van der Waals surface area contributed by atoms with Crippen LogP contribution in [0.5, 0.6) is 0 Å². The first kappa shape index (κ1) is 7.86. The van der Waals surface area contributed by atoms with Crippen molar-refractivity contribution in [2.24, 2.45) is 0 Å². The second kappa shape index (κ2) is 3.31. The van der Waals surface area contributed by atoms with Crippen molar-refractivity contribution in [3.8, 4) is 0 Å². The van der Waals surface area contributed by atoms with Crippen LogP contribution in [0.1, 0.15) is 0 Å². The summed E-state index contributed by atoms with van der Waals surface area (Å²) in [6.07, 6.45) is 1.51. The molecule has 2 nitrogen and oxygen atoms in total. The monoisotopic (exact) mass is 184 g/mol. The average Bonchev–Trinajstić information content (AvgIpc) is 2.56. The van der Waals surface area contributed by atoms with Gasteiger partial charge in [0.05, 0.1) is 5.88 Å². The summed E-state index contributed by atoms with van der Waals surface area (Å²) in [6, 6.07) is 2.85. The third-order valence-corrected chi connectivity index (χ3v) is 2.75. The zero-order valence-corrected chi connectivity index (χ0v) is 7.35. The predicted molar refractivity (Wildman–Crippen MR) is 48.9 cm³/mol. The molecule has 0 amide bonds. The highest BCUT2D eigenvalue weighted by atomic mass is 32.2. The Morgan fingerprint density at radius 3 is 3.17 bits per heavy atom. The maximum atomic E-state index is 12.7. The van der Waals surface area contributed by atoms with Gasteiger partial charge in [0.1, 0.15) is 11.6 Å². The van der Waals surface area contributed by atoms with Gasteiger partial charge >= 0.3 is 0 Å². The van der Waals surface area contributed by atoms with E-state index in [0.717, 1.165) is 24.0 Å². The fourth-order valence-electron chi connectivity index (χ4n) is 1.16. The van der Waals surface area contributed by atoms with Crippen LogP contribution in [0.4, 0.5) is 10.2 Å². The molecule has 0 atom stereocenters. The minimum absolute atomic E-state index is 0.211. The van der Waals surface area contributed by atoms with E-state index in [1.165, 1.54) is 18.3 Å². The van der Waals surface area contributed by atoms with Crippen molar-refractivity contribution in [1.29, 1.82) is 0 Å². The summed E-state index contributed by atoms with van der Waals surface area (Å²) in [5.74, 6) is 2.58. The first-order chi connectivity index (χ1) is 5.86. The highest BCUT2D eigenvalue weighted by Gasteiger charge is 2.13. The Bertz CT molecular complexity index is 274. The normalized spacial score (nSPS) is 16.9. The van der Waals surface area contributed by atoms with Gasteiger partial charge in [-0.2, -0.15) is 0 Å². The van der Waals surface area contributed by atoms with Crippen LogP contribution in [-0.4, -0.2) is 23.2 Å². The highest BCUT2D eigenvalue weighted by molar-refractivity contribution is 7.99. The molecule has 2 heterocycles. The Morgan fingerprint density at radius 1 is 1.58 bits per heavy atom. The molecule has 0 unspecified atom stereocenters. The van der Waals surface area contributed by atoms with E-state index in [9.17, 15) is 4.39 Å². The number of rotatable bonds is 1. The molecule has 0 N–H and O–H groups in total. The predicted octanol–water partition coefficient (Wildman–Crippen LogP) is 1.73. The summed E-state index contributed by atoms with van der Waals surface area (Å²) < 4.78 is 12.7. The number of halogens is 1. The Kier molecular flexibility index (Phi) is 2.17. The first-order valence-electron chi connectivity index (χ1n) is 3.80. The van der Waals surface area contributed by atoms with Gasteiger partial charge in [0, 0.05) is 24.6 Å². The molecule has 1 saturated heterocycles. The molecule has 1 aliphatic heterocycles. The van der Waals surface area contributed by atoms with Crippen molar-refractivity contribution in [1.82, 2.24) is 4.98 Å². The highest BCUT2D eigenvalue weighted by Crippen LogP contribution is 2.20. The Balaban J connectivity index is 2.21. The fourth-order valence-corrected chi connectivity index (χ4v) is 2.12. The van der Waals surface area contributed by atoms with Gasteiger partial charge in [0.25, 0.3) is 0 Å². The maximum Gasteiger partial charge on any atom is 0.132 e. The molecule has 12 heavy (non-hydrogen) atoms. The molecule has 0 aromatic carbocycles. The number of hydrogen-bond acceptors (Lipinski definition) is 3. The molecule has 0 spiro atoms. The quantitative estimate of drug-likeness (QED) is 0.661. The van der Waals surface area contributed by atoms with Gasteiger partial charge in [0.2, 0.25) is 0 Å². The van der Waals surface area contributed by atoms with Crippen LogP contribution in [0.2, 0.25) is 0 Å². The number of anilines is 1. The lowest BCUT2D eigenvalue weighted by Crippen LogP contribution is -2.19. The number of thioether (sulfide) groups is 1. The number of hydrogen-bond donors (Lipinski definition) is 0. The third-order valence-electron chi connectivity index (χ3n) is 1.78. The van der Waals surface area contributed by atoms with Crippen molar-refractivity contribution in [2.75, 3.05) is 23.1 Å². The minimum Gasteiger partial charge on any atom is -0.346 e. The van der Waals surface area contributed by atoms with Crippen LogP contribution in [0.3, 0.4) is 0 Å². The molecule has 0 radical (unpaired) electrons. The molecule has 1 aromatic heterocycles. The summed E-state index contributed by atoms with van der Waals surface area (Å²) in [5.41, 5.74) is 0. The standard InChI is InChI=1S/C8H9FN2S/c9-7-1-2-10-8(5-7)11-3-4-12-6-11/h1-2,5H,3-4,6H2. The maximum absolute atomic E-state index is 12.7. The van der Waals surface area contributed by atoms with Gasteiger partial charge in [0.15, 0.2) is 0 Å². The van der Waals surface area contributed by atoms with E-state index in [2.05, 4.69) is 9.88 Å². The minimum atomic E-state index is -0.211. The molecular formula is C8H9FN2S.